The van der Waals surface area contributed by atoms with E-state index in [4.69, 9.17) is 9.15 Å². The summed E-state index contributed by atoms with van der Waals surface area (Å²) in [5.41, 5.74) is 1.63. The van der Waals surface area contributed by atoms with Gasteiger partial charge in [0.05, 0.1) is 29.7 Å². The molecule has 0 aliphatic carbocycles. The normalized spacial score (nSPS) is 11.0. The third kappa shape index (κ3) is 3.66. The SMILES string of the molecule is CCOc1cc(-c2cc(N(CC)c3ccc4cocc4c3)ncn2)sc1C(=O)O. The number of aromatic carboxylic acids is 1. The number of nitrogens with zero attached hydrogens (tertiary/aromatic N) is 3. The van der Waals surface area contributed by atoms with E-state index in [0.29, 0.717) is 24.6 Å². The van der Waals surface area contributed by atoms with Crippen LogP contribution in [0.2, 0.25) is 0 Å². The van der Waals surface area contributed by atoms with E-state index in [1.165, 1.54) is 6.33 Å². The number of fused-ring (bicyclic) bond motifs is 1. The van der Waals surface area contributed by atoms with Gasteiger partial charge in [0.1, 0.15) is 17.9 Å². The number of carboxylic acids is 1. The molecular weight excluding hydrogens is 390 g/mol. The summed E-state index contributed by atoms with van der Waals surface area (Å²) in [4.78, 5) is 23.2. The first-order chi connectivity index (χ1) is 14.1. The molecular formula is C21H19N3O4S. The second kappa shape index (κ2) is 7.92. The molecule has 1 aromatic carbocycles. The number of furan rings is 1. The lowest BCUT2D eigenvalue weighted by Crippen LogP contribution is -2.17. The van der Waals surface area contributed by atoms with Gasteiger partial charge < -0.3 is 19.2 Å². The summed E-state index contributed by atoms with van der Waals surface area (Å²) in [6, 6.07) is 9.65. The van der Waals surface area contributed by atoms with Crippen molar-refractivity contribution in [1.82, 2.24) is 9.97 Å². The molecule has 0 amide bonds. The highest BCUT2D eigenvalue weighted by Gasteiger charge is 2.19. The van der Waals surface area contributed by atoms with E-state index in [2.05, 4.69) is 14.9 Å². The van der Waals surface area contributed by atoms with Crippen LogP contribution in [0.5, 0.6) is 5.75 Å². The van der Waals surface area contributed by atoms with Gasteiger partial charge >= 0.3 is 5.97 Å². The Labute approximate surface area is 171 Å². The predicted molar refractivity (Wildman–Crippen MR) is 112 cm³/mol. The summed E-state index contributed by atoms with van der Waals surface area (Å²) in [6.07, 6.45) is 4.92. The Morgan fingerprint density at radius 2 is 2.00 bits per heavy atom. The van der Waals surface area contributed by atoms with Gasteiger partial charge in [0.15, 0.2) is 4.88 Å². The number of carbonyl (C=O) groups is 1. The number of hydrogen-bond donors (Lipinski definition) is 1. The van der Waals surface area contributed by atoms with Crippen molar-refractivity contribution in [1.29, 1.82) is 0 Å². The molecule has 0 atom stereocenters. The van der Waals surface area contributed by atoms with Crippen LogP contribution >= 0.6 is 11.3 Å². The van der Waals surface area contributed by atoms with Crippen molar-refractivity contribution < 1.29 is 19.1 Å². The van der Waals surface area contributed by atoms with Crippen molar-refractivity contribution in [2.45, 2.75) is 13.8 Å². The summed E-state index contributed by atoms with van der Waals surface area (Å²) in [7, 11) is 0. The highest BCUT2D eigenvalue weighted by Crippen LogP contribution is 2.37. The molecule has 0 spiro atoms. The van der Waals surface area contributed by atoms with E-state index in [0.717, 1.165) is 38.5 Å². The van der Waals surface area contributed by atoms with Gasteiger partial charge in [0, 0.05) is 35.1 Å². The molecule has 0 aliphatic rings. The topological polar surface area (TPSA) is 88.7 Å². The molecule has 0 unspecified atom stereocenters. The molecule has 0 radical (unpaired) electrons. The maximum atomic E-state index is 11.5. The van der Waals surface area contributed by atoms with Crippen molar-refractivity contribution in [2.75, 3.05) is 18.1 Å². The van der Waals surface area contributed by atoms with Crippen molar-refractivity contribution in [3.8, 4) is 16.3 Å². The van der Waals surface area contributed by atoms with Crippen LogP contribution in [-0.4, -0.2) is 34.2 Å². The van der Waals surface area contributed by atoms with E-state index < -0.39 is 5.97 Å². The number of benzene rings is 1. The molecule has 0 saturated heterocycles. The second-order valence-corrected chi connectivity index (χ2v) is 7.29. The van der Waals surface area contributed by atoms with E-state index >= 15 is 0 Å². The molecule has 0 aliphatic heterocycles. The molecule has 3 heterocycles. The number of anilines is 2. The van der Waals surface area contributed by atoms with Gasteiger partial charge in [-0.25, -0.2) is 14.8 Å². The average molecular weight is 409 g/mol. The average Bonchev–Trinajstić information content (AvgIpc) is 3.36. The molecule has 29 heavy (non-hydrogen) atoms. The molecule has 4 aromatic rings. The summed E-state index contributed by atoms with van der Waals surface area (Å²) < 4.78 is 10.7. The number of carboxylic acid groups (broad SMARTS) is 1. The number of hydrogen-bond acceptors (Lipinski definition) is 7. The van der Waals surface area contributed by atoms with Crippen molar-refractivity contribution >= 4 is 39.6 Å². The Kier molecular flexibility index (Phi) is 5.18. The van der Waals surface area contributed by atoms with Gasteiger partial charge in [-0.1, -0.05) is 0 Å². The summed E-state index contributed by atoms with van der Waals surface area (Å²) in [6.45, 7) is 4.96. The zero-order chi connectivity index (χ0) is 20.4. The minimum atomic E-state index is -1.01. The lowest BCUT2D eigenvalue weighted by Gasteiger charge is -2.22. The van der Waals surface area contributed by atoms with E-state index in [9.17, 15) is 9.90 Å². The Bertz CT molecular complexity index is 1170. The van der Waals surface area contributed by atoms with Gasteiger partial charge in [-0.3, -0.25) is 0 Å². The smallest absolute Gasteiger partial charge is 0.349 e. The van der Waals surface area contributed by atoms with E-state index in [-0.39, 0.29) is 4.88 Å². The second-order valence-electron chi connectivity index (χ2n) is 6.23. The van der Waals surface area contributed by atoms with Crippen molar-refractivity contribution in [2.24, 2.45) is 0 Å². The standard InChI is InChI=1S/C21H19N3O4S/c1-3-24(15-6-5-13-10-27-11-14(13)7-15)19-8-16(22-12-23-19)18-9-17(28-4-2)20(29-18)21(25)26/h5-12H,3-4H2,1-2H3,(H,25,26). The van der Waals surface area contributed by atoms with E-state index in [1.54, 1.807) is 18.6 Å². The third-order valence-electron chi connectivity index (χ3n) is 4.46. The van der Waals surface area contributed by atoms with Gasteiger partial charge in [0.2, 0.25) is 0 Å². The van der Waals surface area contributed by atoms with Crippen LogP contribution in [0.1, 0.15) is 23.5 Å². The van der Waals surface area contributed by atoms with Crippen molar-refractivity contribution in [3.05, 3.63) is 54.1 Å². The van der Waals surface area contributed by atoms with Gasteiger partial charge in [0.25, 0.3) is 0 Å². The fourth-order valence-electron chi connectivity index (χ4n) is 3.14. The van der Waals surface area contributed by atoms with Gasteiger partial charge in [-0.05, 0) is 32.0 Å². The summed E-state index contributed by atoms with van der Waals surface area (Å²) >= 11 is 1.14. The predicted octanol–water partition coefficient (Wildman–Crippen LogP) is 5.21. The first-order valence-corrected chi connectivity index (χ1v) is 9.98. The van der Waals surface area contributed by atoms with Crippen LogP contribution in [0, 0.1) is 0 Å². The Morgan fingerprint density at radius 1 is 1.17 bits per heavy atom. The number of ether oxygens (including phenoxy) is 1. The first-order valence-electron chi connectivity index (χ1n) is 9.16. The molecule has 148 valence electrons. The zero-order valence-corrected chi connectivity index (χ0v) is 16.8. The molecule has 7 nitrogen and oxygen atoms in total. The van der Waals surface area contributed by atoms with Crippen LogP contribution in [0.25, 0.3) is 21.3 Å². The minimum absolute atomic E-state index is 0.166. The number of aromatic nitrogens is 2. The quantitative estimate of drug-likeness (QED) is 0.448. The largest absolute Gasteiger partial charge is 0.492 e. The lowest BCUT2D eigenvalue weighted by molar-refractivity contribution is 0.0698. The molecule has 0 bridgehead atoms. The van der Waals surface area contributed by atoms with Crippen LogP contribution < -0.4 is 9.64 Å². The molecule has 0 saturated carbocycles. The van der Waals surface area contributed by atoms with Gasteiger partial charge in [-0.15, -0.1) is 11.3 Å². The summed E-state index contributed by atoms with van der Waals surface area (Å²) in [5.74, 6) is 0.0732. The fraction of sp³-hybridized carbons (Fsp3) is 0.190. The first kappa shape index (κ1) is 18.9. The zero-order valence-electron chi connectivity index (χ0n) is 16.0. The van der Waals surface area contributed by atoms with E-state index in [1.807, 2.05) is 38.1 Å². The monoisotopic (exact) mass is 409 g/mol. The minimum Gasteiger partial charge on any atom is -0.492 e. The van der Waals surface area contributed by atoms with Crippen LogP contribution in [-0.2, 0) is 0 Å². The Balaban J connectivity index is 1.72. The fourth-order valence-corrected chi connectivity index (χ4v) is 4.05. The van der Waals surface area contributed by atoms with Crippen LogP contribution in [0.3, 0.4) is 0 Å². The van der Waals surface area contributed by atoms with Crippen LogP contribution in [0.4, 0.5) is 11.5 Å². The van der Waals surface area contributed by atoms with Crippen molar-refractivity contribution in [3.63, 3.8) is 0 Å². The molecule has 0 fully saturated rings. The Hall–Kier alpha value is -3.39. The number of rotatable bonds is 7. The molecule has 1 N–H and O–H groups in total. The molecule has 3 aromatic heterocycles. The highest BCUT2D eigenvalue weighted by molar-refractivity contribution is 7.17. The maximum Gasteiger partial charge on any atom is 0.349 e. The molecule has 4 rings (SSSR count). The number of thiophene rings is 1. The Morgan fingerprint density at radius 3 is 2.76 bits per heavy atom. The lowest BCUT2D eigenvalue weighted by atomic mass is 10.2. The van der Waals surface area contributed by atoms with Gasteiger partial charge in [-0.2, -0.15) is 0 Å². The molecule has 8 heteroatoms. The summed E-state index contributed by atoms with van der Waals surface area (Å²) in [5, 5.41) is 11.5. The van der Waals surface area contributed by atoms with Crippen LogP contribution in [0.15, 0.2) is 53.6 Å². The highest BCUT2D eigenvalue weighted by atomic mass is 32.1. The third-order valence-corrected chi connectivity index (χ3v) is 5.59. The maximum absolute atomic E-state index is 11.5.